The maximum atomic E-state index is 13.7. The molecule has 1 aromatic rings. The minimum absolute atomic E-state index is 0.178. The molecular weight excluding hydrogens is 245 g/mol. The third-order valence-corrected chi connectivity index (χ3v) is 2.83. The number of benzene rings is 1. The van der Waals surface area contributed by atoms with Crippen molar-refractivity contribution in [3.63, 3.8) is 0 Å². The summed E-state index contributed by atoms with van der Waals surface area (Å²) in [7, 11) is 0. The fourth-order valence-corrected chi connectivity index (χ4v) is 2.14. The molecule has 0 heterocycles. The molecular formula is C12H13ClFNO2. The molecule has 1 amide bonds. The fraction of sp³-hybridized carbons (Fsp3) is 0.333. The van der Waals surface area contributed by atoms with Gasteiger partial charge in [0, 0.05) is 22.4 Å². The smallest absolute Gasteiger partial charge is 0.284 e. The van der Waals surface area contributed by atoms with E-state index in [2.05, 4.69) is 0 Å². The normalized spacial score (nSPS) is 11.3. The van der Waals surface area contributed by atoms with Crippen LogP contribution in [0.3, 0.4) is 0 Å². The van der Waals surface area contributed by atoms with E-state index < -0.39 is 22.9 Å². The number of hydrogen-bond acceptors (Lipinski definition) is 2. The van der Waals surface area contributed by atoms with Gasteiger partial charge in [-0.15, -0.1) is 0 Å². The van der Waals surface area contributed by atoms with Gasteiger partial charge in [0.05, 0.1) is 0 Å². The zero-order valence-corrected chi connectivity index (χ0v) is 10.3. The second-order valence-corrected chi connectivity index (χ2v) is 4.85. The summed E-state index contributed by atoms with van der Waals surface area (Å²) in [6, 6.07) is 4.28. The van der Waals surface area contributed by atoms with Crippen LogP contribution in [0.1, 0.15) is 25.8 Å². The van der Waals surface area contributed by atoms with Crippen LogP contribution >= 0.6 is 11.6 Å². The minimum atomic E-state index is -1.02. The molecule has 0 bridgehead atoms. The lowest BCUT2D eigenvalue weighted by Crippen LogP contribution is -2.31. The van der Waals surface area contributed by atoms with Crippen molar-refractivity contribution in [2.75, 3.05) is 0 Å². The number of carbonyl (C=O) groups excluding carboxylic acids is 2. The quantitative estimate of drug-likeness (QED) is 0.841. The van der Waals surface area contributed by atoms with Gasteiger partial charge >= 0.3 is 0 Å². The van der Waals surface area contributed by atoms with E-state index in [0.29, 0.717) is 0 Å². The van der Waals surface area contributed by atoms with Crippen LogP contribution in [0.2, 0.25) is 5.02 Å². The molecule has 0 atom stereocenters. The monoisotopic (exact) mass is 257 g/mol. The molecule has 0 saturated carbocycles. The number of carbonyl (C=O) groups is 2. The lowest BCUT2D eigenvalue weighted by molar-refractivity contribution is -0.136. The topological polar surface area (TPSA) is 60.2 Å². The second kappa shape index (κ2) is 4.84. The number of nitrogens with two attached hydrogens (primary N) is 1. The first-order chi connectivity index (χ1) is 7.75. The summed E-state index contributed by atoms with van der Waals surface area (Å²) in [4.78, 5) is 22.0. The van der Waals surface area contributed by atoms with E-state index in [0.717, 1.165) is 0 Å². The lowest BCUT2D eigenvalue weighted by Gasteiger charge is -2.25. The molecule has 1 aromatic carbocycles. The summed E-state index contributed by atoms with van der Waals surface area (Å²) in [5.74, 6) is -2.26. The van der Waals surface area contributed by atoms with Crippen molar-refractivity contribution in [2.24, 2.45) is 5.73 Å². The Morgan fingerprint density at radius 3 is 2.47 bits per heavy atom. The maximum Gasteiger partial charge on any atom is 0.284 e. The van der Waals surface area contributed by atoms with Gasteiger partial charge in [-0.1, -0.05) is 31.5 Å². The summed E-state index contributed by atoms with van der Waals surface area (Å²) in [5.41, 5.74) is 4.22. The summed E-state index contributed by atoms with van der Waals surface area (Å²) >= 11 is 5.91. The van der Waals surface area contributed by atoms with Crippen molar-refractivity contribution in [3.05, 3.63) is 34.6 Å². The van der Waals surface area contributed by atoms with Crippen molar-refractivity contribution in [3.8, 4) is 0 Å². The number of halogens is 2. The number of primary amides is 1. The van der Waals surface area contributed by atoms with Gasteiger partial charge in [0.1, 0.15) is 5.82 Å². The Hall–Kier alpha value is -1.42. The van der Waals surface area contributed by atoms with E-state index in [1.54, 1.807) is 13.8 Å². The van der Waals surface area contributed by atoms with Crippen molar-refractivity contribution >= 4 is 23.3 Å². The van der Waals surface area contributed by atoms with Crippen molar-refractivity contribution in [2.45, 2.75) is 25.7 Å². The number of ketones is 1. The van der Waals surface area contributed by atoms with Gasteiger partial charge in [-0.25, -0.2) is 4.39 Å². The molecule has 17 heavy (non-hydrogen) atoms. The van der Waals surface area contributed by atoms with Gasteiger partial charge < -0.3 is 5.73 Å². The Labute approximate surface area is 104 Å². The molecule has 0 aliphatic heterocycles. The maximum absolute atomic E-state index is 13.7. The van der Waals surface area contributed by atoms with Crippen LogP contribution < -0.4 is 5.73 Å². The zero-order valence-electron chi connectivity index (χ0n) is 9.59. The highest BCUT2D eigenvalue weighted by molar-refractivity contribution is 6.36. The molecule has 0 saturated heterocycles. The molecule has 92 valence electrons. The highest BCUT2D eigenvalue weighted by Gasteiger charge is 2.30. The number of Topliss-reactive ketones (excluding diaryl/α,β-unsaturated/α-hetero) is 1. The van der Waals surface area contributed by atoms with E-state index in [4.69, 9.17) is 17.3 Å². The third-order valence-electron chi connectivity index (χ3n) is 2.52. The molecule has 2 N–H and O–H groups in total. The lowest BCUT2D eigenvalue weighted by atomic mass is 9.79. The Balaban J connectivity index is 3.13. The van der Waals surface area contributed by atoms with E-state index in [-0.39, 0.29) is 17.0 Å². The summed E-state index contributed by atoms with van der Waals surface area (Å²) in [6.45, 7) is 3.27. The largest absolute Gasteiger partial charge is 0.363 e. The summed E-state index contributed by atoms with van der Waals surface area (Å²) < 4.78 is 13.7. The molecule has 0 unspecified atom stereocenters. The van der Waals surface area contributed by atoms with Gasteiger partial charge in [-0.05, 0) is 12.1 Å². The van der Waals surface area contributed by atoms with Gasteiger partial charge in [-0.3, -0.25) is 9.59 Å². The Kier molecular flexibility index (Phi) is 3.88. The minimum Gasteiger partial charge on any atom is -0.363 e. The first-order valence-electron chi connectivity index (χ1n) is 5.03. The van der Waals surface area contributed by atoms with Crippen LogP contribution in [-0.4, -0.2) is 11.7 Å². The first-order valence-corrected chi connectivity index (χ1v) is 5.40. The number of amides is 1. The highest BCUT2D eigenvalue weighted by Crippen LogP contribution is 2.34. The van der Waals surface area contributed by atoms with Gasteiger partial charge in [0.15, 0.2) is 0 Å². The summed E-state index contributed by atoms with van der Waals surface area (Å²) in [6.07, 6.45) is -0.178. The van der Waals surface area contributed by atoms with Gasteiger partial charge in [0.25, 0.3) is 5.91 Å². The Morgan fingerprint density at radius 2 is 2.00 bits per heavy atom. The number of rotatable bonds is 4. The van der Waals surface area contributed by atoms with E-state index in [9.17, 15) is 14.0 Å². The van der Waals surface area contributed by atoms with Crippen LogP contribution in [0.15, 0.2) is 18.2 Å². The SMILES string of the molecule is CC(C)(CC(=O)C(N)=O)c1c(F)cccc1Cl. The summed E-state index contributed by atoms with van der Waals surface area (Å²) in [5, 5.41) is 0.229. The van der Waals surface area contributed by atoms with E-state index in [1.165, 1.54) is 18.2 Å². The van der Waals surface area contributed by atoms with E-state index >= 15 is 0 Å². The molecule has 0 aliphatic carbocycles. The van der Waals surface area contributed by atoms with Crippen LogP contribution in [-0.2, 0) is 15.0 Å². The van der Waals surface area contributed by atoms with Crippen molar-refractivity contribution in [1.29, 1.82) is 0 Å². The van der Waals surface area contributed by atoms with Crippen molar-refractivity contribution in [1.82, 2.24) is 0 Å². The zero-order chi connectivity index (χ0) is 13.2. The van der Waals surface area contributed by atoms with Crippen molar-refractivity contribution < 1.29 is 14.0 Å². The van der Waals surface area contributed by atoms with Crippen LogP contribution in [0.5, 0.6) is 0 Å². The van der Waals surface area contributed by atoms with Gasteiger partial charge in [0.2, 0.25) is 5.78 Å². The Bertz CT molecular complexity index is 451. The molecule has 3 nitrogen and oxygen atoms in total. The average Bonchev–Trinajstić information content (AvgIpc) is 2.15. The number of hydrogen-bond donors (Lipinski definition) is 1. The molecule has 0 aromatic heterocycles. The van der Waals surface area contributed by atoms with Crippen LogP contribution in [0.4, 0.5) is 4.39 Å². The highest BCUT2D eigenvalue weighted by atomic mass is 35.5. The third kappa shape index (κ3) is 3.03. The van der Waals surface area contributed by atoms with Crippen LogP contribution in [0.25, 0.3) is 0 Å². The van der Waals surface area contributed by atoms with Gasteiger partial charge in [-0.2, -0.15) is 0 Å². The van der Waals surface area contributed by atoms with Crippen LogP contribution in [0, 0.1) is 5.82 Å². The average molecular weight is 258 g/mol. The molecule has 1 rings (SSSR count). The standard InChI is InChI=1S/C12H13ClFNO2/c1-12(2,6-9(16)11(15)17)10-7(13)4-3-5-8(10)14/h3-5H,6H2,1-2H3,(H2,15,17). The molecule has 0 aliphatic rings. The van der Waals surface area contributed by atoms with E-state index in [1.807, 2.05) is 0 Å². The molecule has 5 heteroatoms. The predicted octanol–water partition coefficient (Wildman–Crippen LogP) is 2.20. The fourth-order valence-electron chi connectivity index (χ4n) is 1.72. The molecule has 0 radical (unpaired) electrons. The molecule has 0 spiro atoms. The predicted molar refractivity (Wildman–Crippen MR) is 63.3 cm³/mol. The second-order valence-electron chi connectivity index (χ2n) is 4.44. The Morgan fingerprint density at radius 1 is 1.41 bits per heavy atom. The first kappa shape index (κ1) is 13.6. The molecule has 0 fully saturated rings.